The van der Waals surface area contributed by atoms with Crippen molar-refractivity contribution in [1.29, 1.82) is 0 Å². The second-order valence-corrected chi connectivity index (χ2v) is 6.57. The number of nitrogen functional groups attached to an aromatic ring is 1. The van der Waals surface area contributed by atoms with Crippen LogP contribution in [0.25, 0.3) is 0 Å². The average Bonchev–Trinajstić information content (AvgIpc) is 3.03. The minimum Gasteiger partial charge on any atom is -0.397 e. The minimum absolute atomic E-state index is 0.176. The highest BCUT2D eigenvalue weighted by atomic mass is 35.5. The summed E-state index contributed by atoms with van der Waals surface area (Å²) in [6.07, 6.45) is 6.72. The fraction of sp³-hybridized carbons (Fsp3) is 0.600. The number of rotatable bonds is 3. The number of carbonyl (C=O) groups excluding carboxylic acids is 1. The number of fused-ring (bicyclic) bond motifs is 2. The number of pyridine rings is 1. The monoisotopic (exact) mass is 293 g/mol. The van der Waals surface area contributed by atoms with Crippen LogP contribution in [0, 0.1) is 17.8 Å². The molecule has 108 valence electrons. The van der Waals surface area contributed by atoms with Gasteiger partial charge >= 0.3 is 0 Å². The molecule has 3 N–H and O–H groups in total. The number of hydrogen-bond acceptors (Lipinski definition) is 3. The van der Waals surface area contributed by atoms with Gasteiger partial charge in [-0.2, -0.15) is 0 Å². The van der Waals surface area contributed by atoms with E-state index in [0.717, 1.165) is 11.8 Å². The lowest BCUT2D eigenvalue weighted by Gasteiger charge is -2.28. The molecule has 0 aliphatic heterocycles. The molecule has 3 rings (SSSR count). The molecule has 2 aliphatic carbocycles. The molecule has 1 aromatic heterocycles. The molecule has 1 amide bonds. The molecule has 4 nitrogen and oxygen atoms in total. The second kappa shape index (κ2) is 5.24. The number of amides is 1. The number of nitrogens with one attached hydrogen (secondary N) is 1. The van der Waals surface area contributed by atoms with Crippen LogP contribution in [0.1, 0.15) is 43.0 Å². The Bertz CT molecular complexity index is 534. The summed E-state index contributed by atoms with van der Waals surface area (Å²) in [6.45, 7) is 2.09. The third kappa shape index (κ3) is 2.49. The maximum Gasteiger partial charge on any atom is 0.254 e. The summed E-state index contributed by atoms with van der Waals surface area (Å²) in [4.78, 5) is 16.2. The van der Waals surface area contributed by atoms with Gasteiger partial charge in [-0.25, -0.2) is 4.98 Å². The zero-order valence-electron chi connectivity index (χ0n) is 11.6. The van der Waals surface area contributed by atoms with Crippen LogP contribution >= 0.6 is 11.6 Å². The Kier molecular flexibility index (Phi) is 3.59. The van der Waals surface area contributed by atoms with Gasteiger partial charge in [0.1, 0.15) is 5.15 Å². The van der Waals surface area contributed by atoms with Gasteiger partial charge < -0.3 is 11.1 Å². The Morgan fingerprint density at radius 2 is 2.30 bits per heavy atom. The average molecular weight is 294 g/mol. The van der Waals surface area contributed by atoms with Gasteiger partial charge in [0.2, 0.25) is 0 Å². The molecule has 0 spiro atoms. The lowest BCUT2D eigenvalue weighted by Crippen LogP contribution is -2.40. The molecule has 0 aromatic carbocycles. The first-order valence-electron chi connectivity index (χ1n) is 7.26. The first-order valence-corrected chi connectivity index (χ1v) is 7.64. The molecule has 0 saturated heterocycles. The number of nitrogens with zero attached hydrogens (tertiary/aromatic N) is 1. The van der Waals surface area contributed by atoms with Crippen molar-refractivity contribution in [3.05, 3.63) is 23.0 Å². The van der Waals surface area contributed by atoms with Crippen molar-refractivity contribution in [2.75, 3.05) is 5.73 Å². The fourth-order valence-corrected chi connectivity index (χ4v) is 4.11. The first-order chi connectivity index (χ1) is 9.54. The molecule has 2 saturated carbocycles. The standard InChI is InChI=1S/C15H20ClN3O/c1-8(12-5-9-2-3-10(12)4-9)19-15(20)13-6-11(17)7-18-14(13)16/h6-10,12H,2-5,17H2,1H3,(H,19,20). The summed E-state index contributed by atoms with van der Waals surface area (Å²) in [6, 6.07) is 1.76. The lowest BCUT2D eigenvalue weighted by atomic mass is 9.84. The van der Waals surface area contributed by atoms with E-state index in [1.165, 1.54) is 31.9 Å². The molecule has 5 heteroatoms. The van der Waals surface area contributed by atoms with E-state index in [9.17, 15) is 4.79 Å². The molecule has 4 atom stereocenters. The second-order valence-electron chi connectivity index (χ2n) is 6.21. The molecule has 20 heavy (non-hydrogen) atoms. The maximum atomic E-state index is 12.3. The Hall–Kier alpha value is -1.29. The van der Waals surface area contributed by atoms with Crippen LogP contribution in [0.4, 0.5) is 5.69 Å². The normalized spacial score (nSPS) is 29.4. The van der Waals surface area contributed by atoms with Gasteiger partial charge in [0, 0.05) is 6.04 Å². The third-order valence-electron chi connectivity index (χ3n) is 4.90. The summed E-state index contributed by atoms with van der Waals surface area (Å²) < 4.78 is 0. The zero-order valence-corrected chi connectivity index (χ0v) is 12.4. The highest BCUT2D eigenvalue weighted by Crippen LogP contribution is 2.49. The molecule has 2 aliphatic rings. The highest BCUT2D eigenvalue weighted by Gasteiger charge is 2.42. The maximum absolute atomic E-state index is 12.3. The molecule has 1 heterocycles. The smallest absolute Gasteiger partial charge is 0.254 e. The van der Waals surface area contributed by atoms with Crippen LogP contribution in [0.5, 0.6) is 0 Å². The van der Waals surface area contributed by atoms with E-state index in [4.69, 9.17) is 17.3 Å². The minimum atomic E-state index is -0.176. The van der Waals surface area contributed by atoms with E-state index in [0.29, 0.717) is 17.2 Å². The zero-order chi connectivity index (χ0) is 14.3. The van der Waals surface area contributed by atoms with Crippen molar-refractivity contribution in [2.24, 2.45) is 17.8 Å². The van der Waals surface area contributed by atoms with E-state index in [1.54, 1.807) is 6.07 Å². The lowest BCUT2D eigenvalue weighted by molar-refractivity contribution is 0.0915. The molecular weight excluding hydrogens is 274 g/mol. The number of carbonyl (C=O) groups is 1. The molecule has 0 radical (unpaired) electrons. The van der Waals surface area contributed by atoms with E-state index in [1.807, 2.05) is 0 Å². The van der Waals surface area contributed by atoms with Crippen molar-refractivity contribution in [1.82, 2.24) is 10.3 Å². The van der Waals surface area contributed by atoms with Crippen LogP contribution < -0.4 is 11.1 Å². The molecule has 4 unspecified atom stereocenters. The van der Waals surface area contributed by atoms with Gasteiger partial charge in [0.05, 0.1) is 17.4 Å². The number of nitrogens with two attached hydrogens (primary N) is 1. The van der Waals surface area contributed by atoms with E-state index in [-0.39, 0.29) is 17.1 Å². The van der Waals surface area contributed by atoms with E-state index in [2.05, 4.69) is 17.2 Å². The number of anilines is 1. The van der Waals surface area contributed by atoms with Crippen molar-refractivity contribution >= 4 is 23.2 Å². The van der Waals surface area contributed by atoms with Gasteiger partial charge in [-0.05, 0) is 50.0 Å². The number of aromatic nitrogens is 1. The van der Waals surface area contributed by atoms with Crippen molar-refractivity contribution in [3.63, 3.8) is 0 Å². The Labute approximate surface area is 124 Å². The van der Waals surface area contributed by atoms with Gasteiger partial charge in [-0.1, -0.05) is 18.0 Å². The van der Waals surface area contributed by atoms with Crippen molar-refractivity contribution in [3.8, 4) is 0 Å². The quantitative estimate of drug-likeness (QED) is 0.842. The van der Waals surface area contributed by atoms with E-state index >= 15 is 0 Å². The van der Waals surface area contributed by atoms with Crippen LogP contribution in [0.15, 0.2) is 12.3 Å². The Morgan fingerprint density at radius 3 is 2.95 bits per heavy atom. The summed E-state index contributed by atoms with van der Waals surface area (Å²) in [5.74, 6) is 2.09. The van der Waals surface area contributed by atoms with Gasteiger partial charge in [-0.15, -0.1) is 0 Å². The first kappa shape index (κ1) is 13.7. The Balaban J connectivity index is 1.68. The molecule has 2 fully saturated rings. The van der Waals surface area contributed by atoms with Crippen LogP contribution in [0.2, 0.25) is 5.15 Å². The van der Waals surface area contributed by atoms with Crippen LogP contribution in [-0.4, -0.2) is 16.9 Å². The predicted octanol–water partition coefficient (Wildman–Crippen LogP) is 2.87. The van der Waals surface area contributed by atoms with Gasteiger partial charge in [-0.3, -0.25) is 4.79 Å². The van der Waals surface area contributed by atoms with Crippen LogP contribution in [-0.2, 0) is 0 Å². The fourth-order valence-electron chi connectivity index (χ4n) is 3.92. The van der Waals surface area contributed by atoms with Crippen molar-refractivity contribution in [2.45, 2.75) is 38.6 Å². The molecule has 1 aromatic rings. The third-order valence-corrected chi connectivity index (χ3v) is 5.20. The number of hydrogen-bond donors (Lipinski definition) is 2. The topological polar surface area (TPSA) is 68.0 Å². The molecular formula is C15H20ClN3O. The highest BCUT2D eigenvalue weighted by molar-refractivity contribution is 6.32. The van der Waals surface area contributed by atoms with Crippen LogP contribution in [0.3, 0.4) is 0 Å². The Morgan fingerprint density at radius 1 is 1.50 bits per heavy atom. The summed E-state index contributed by atoms with van der Waals surface area (Å²) in [5.41, 5.74) is 6.48. The van der Waals surface area contributed by atoms with Gasteiger partial charge in [0.25, 0.3) is 5.91 Å². The summed E-state index contributed by atoms with van der Waals surface area (Å²) >= 11 is 5.97. The SMILES string of the molecule is CC(NC(=O)c1cc(N)cnc1Cl)C1CC2CCC1C2. The van der Waals surface area contributed by atoms with Crippen molar-refractivity contribution < 1.29 is 4.79 Å². The largest absolute Gasteiger partial charge is 0.397 e. The number of halogens is 1. The van der Waals surface area contributed by atoms with E-state index < -0.39 is 0 Å². The summed E-state index contributed by atoms with van der Waals surface area (Å²) in [5, 5.41) is 3.28. The molecule has 2 bridgehead atoms. The van der Waals surface area contributed by atoms with Gasteiger partial charge in [0.15, 0.2) is 0 Å². The summed E-state index contributed by atoms with van der Waals surface area (Å²) in [7, 11) is 0. The predicted molar refractivity (Wildman–Crippen MR) is 79.5 cm³/mol.